The average molecular weight is 576 g/mol. The van der Waals surface area contributed by atoms with Gasteiger partial charge in [0.1, 0.15) is 0 Å². The van der Waals surface area contributed by atoms with E-state index in [4.69, 9.17) is 22.9 Å². The molecule has 0 aromatic heterocycles. The molecule has 2 aromatic rings. The number of alkyl halides is 6. The molecule has 13 heteroatoms. The lowest BCUT2D eigenvalue weighted by Crippen LogP contribution is -2.34. The molecule has 1 heterocycles. The van der Waals surface area contributed by atoms with Crippen LogP contribution < -0.4 is 4.90 Å². The predicted molar refractivity (Wildman–Crippen MR) is 131 cm³/mol. The monoisotopic (exact) mass is 575 g/mol. The normalized spacial score (nSPS) is 15.8. The molecule has 2 amide bonds. The van der Waals surface area contributed by atoms with Crippen molar-refractivity contribution in [2.24, 2.45) is 0 Å². The quantitative estimate of drug-likeness (QED) is 0.273. The minimum Gasteiger partial charge on any atom is -0.446 e. The SMILES string of the molecule is [C-]#[N+]c1cc2c(cc1Cl)N(C(=O)OC(C)C)CCCC2N(Cc1cc(C(F)(F)F)cc(C(F)(F)F)c1)C(C)=O. The van der Waals surface area contributed by atoms with Crippen molar-refractivity contribution < 1.29 is 40.7 Å². The molecule has 2 aromatic carbocycles. The van der Waals surface area contributed by atoms with Gasteiger partial charge in [-0.05, 0) is 68.1 Å². The van der Waals surface area contributed by atoms with E-state index in [0.717, 1.165) is 11.8 Å². The van der Waals surface area contributed by atoms with Gasteiger partial charge in [0.15, 0.2) is 0 Å². The highest BCUT2D eigenvalue weighted by Crippen LogP contribution is 2.43. The number of ether oxygens (including phenoxy) is 1. The van der Waals surface area contributed by atoms with Crippen LogP contribution in [0.5, 0.6) is 0 Å². The average Bonchev–Trinajstić information content (AvgIpc) is 2.99. The number of carbonyl (C=O) groups is 2. The molecule has 1 unspecified atom stereocenters. The zero-order valence-corrected chi connectivity index (χ0v) is 21.8. The van der Waals surface area contributed by atoms with E-state index in [1.54, 1.807) is 13.8 Å². The van der Waals surface area contributed by atoms with E-state index in [-0.39, 0.29) is 41.0 Å². The molecule has 39 heavy (non-hydrogen) atoms. The molecule has 0 fully saturated rings. The van der Waals surface area contributed by atoms with Crippen molar-refractivity contribution in [3.05, 3.63) is 69.0 Å². The van der Waals surface area contributed by atoms with E-state index >= 15 is 0 Å². The minimum absolute atomic E-state index is 0.00132. The second kappa shape index (κ2) is 11.3. The Morgan fingerprint density at radius 2 is 1.69 bits per heavy atom. The van der Waals surface area contributed by atoms with Gasteiger partial charge in [0.25, 0.3) is 0 Å². The highest BCUT2D eigenvalue weighted by atomic mass is 35.5. The molecule has 0 bridgehead atoms. The van der Waals surface area contributed by atoms with Gasteiger partial charge in [0.2, 0.25) is 11.6 Å². The van der Waals surface area contributed by atoms with Crippen LogP contribution in [-0.2, 0) is 28.4 Å². The molecule has 1 aliphatic heterocycles. The van der Waals surface area contributed by atoms with Crippen LogP contribution in [0.2, 0.25) is 5.02 Å². The van der Waals surface area contributed by atoms with Gasteiger partial charge in [-0.15, -0.1) is 0 Å². The first-order chi connectivity index (χ1) is 18.0. The van der Waals surface area contributed by atoms with Crippen LogP contribution in [0.15, 0.2) is 30.3 Å². The summed E-state index contributed by atoms with van der Waals surface area (Å²) in [6, 6.07) is 3.01. The molecule has 6 nitrogen and oxygen atoms in total. The number of anilines is 1. The number of halogens is 7. The van der Waals surface area contributed by atoms with Gasteiger partial charge >= 0.3 is 18.4 Å². The Labute approximate surface area is 225 Å². The Hall–Kier alpha value is -3.46. The van der Waals surface area contributed by atoms with Crippen molar-refractivity contribution in [2.75, 3.05) is 11.4 Å². The van der Waals surface area contributed by atoms with Crippen molar-refractivity contribution in [3.63, 3.8) is 0 Å². The highest BCUT2D eigenvalue weighted by Gasteiger charge is 2.38. The lowest BCUT2D eigenvalue weighted by atomic mass is 9.97. The second-order valence-electron chi connectivity index (χ2n) is 9.28. The van der Waals surface area contributed by atoms with E-state index in [1.165, 1.54) is 17.0 Å². The third-order valence-corrected chi connectivity index (χ3v) is 6.37. The standard InChI is InChI=1S/C26H24ClF6N3O3/c1-14(2)39-24(38)35-7-5-6-22(19-11-21(34-4)20(27)12-23(19)35)36(15(3)37)13-16-8-17(25(28,29)30)10-18(9-16)26(31,32)33/h8-12,14,22H,5-7,13H2,1-3H3. The van der Waals surface area contributed by atoms with Crippen LogP contribution in [0.25, 0.3) is 4.85 Å². The van der Waals surface area contributed by atoms with E-state index in [9.17, 15) is 35.9 Å². The summed E-state index contributed by atoms with van der Waals surface area (Å²) in [5.41, 5.74) is -2.85. The fraction of sp³-hybridized carbons (Fsp3) is 0.423. The summed E-state index contributed by atoms with van der Waals surface area (Å²) in [6.07, 6.45) is -10.8. The number of fused-ring (bicyclic) bond motifs is 1. The molecule has 0 saturated carbocycles. The molecule has 3 rings (SSSR count). The number of amides is 2. The van der Waals surface area contributed by atoms with Crippen LogP contribution in [-0.4, -0.2) is 29.5 Å². The highest BCUT2D eigenvalue weighted by molar-refractivity contribution is 6.33. The first kappa shape index (κ1) is 30.1. The zero-order valence-electron chi connectivity index (χ0n) is 21.1. The van der Waals surface area contributed by atoms with Crippen LogP contribution in [0.4, 0.5) is 42.5 Å². The molecule has 1 atom stereocenters. The van der Waals surface area contributed by atoms with Gasteiger partial charge in [0, 0.05) is 25.0 Å². The van der Waals surface area contributed by atoms with E-state index in [2.05, 4.69) is 4.85 Å². The lowest BCUT2D eigenvalue weighted by molar-refractivity contribution is -0.143. The van der Waals surface area contributed by atoms with Crippen molar-refractivity contribution in [2.45, 2.75) is 64.7 Å². The largest absolute Gasteiger partial charge is 0.446 e. The molecule has 0 aliphatic carbocycles. The van der Waals surface area contributed by atoms with Crippen LogP contribution in [0.3, 0.4) is 0 Å². The molecular weight excluding hydrogens is 552 g/mol. The number of carbonyl (C=O) groups excluding carboxylic acids is 2. The fourth-order valence-electron chi connectivity index (χ4n) is 4.40. The van der Waals surface area contributed by atoms with Crippen LogP contribution in [0, 0.1) is 6.57 Å². The minimum atomic E-state index is -5.05. The summed E-state index contributed by atoms with van der Waals surface area (Å²) in [4.78, 5) is 31.4. The maximum atomic E-state index is 13.4. The number of hydrogen-bond acceptors (Lipinski definition) is 3. The van der Waals surface area contributed by atoms with Gasteiger partial charge in [0.05, 0.1) is 35.5 Å². The summed E-state index contributed by atoms with van der Waals surface area (Å²) < 4.78 is 85.9. The number of hydrogen-bond donors (Lipinski definition) is 0. The number of nitrogens with zero attached hydrogens (tertiary/aromatic N) is 3. The second-order valence-corrected chi connectivity index (χ2v) is 9.68. The van der Waals surface area contributed by atoms with Crippen molar-refractivity contribution in [3.8, 4) is 0 Å². The third-order valence-electron chi connectivity index (χ3n) is 6.06. The van der Waals surface area contributed by atoms with Gasteiger partial charge in [-0.2, -0.15) is 26.3 Å². The first-order valence-corrected chi connectivity index (χ1v) is 12.1. The summed E-state index contributed by atoms with van der Waals surface area (Å²) in [7, 11) is 0. The predicted octanol–water partition coefficient (Wildman–Crippen LogP) is 8.16. The topological polar surface area (TPSA) is 54.2 Å². The zero-order chi connectivity index (χ0) is 29.3. The van der Waals surface area contributed by atoms with E-state index < -0.39 is 54.2 Å². The summed E-state index contributed by atoms with van der Waals surface area (Å²) in [5.74, 6) is -0.630. The van der Waals surface area contributed by atoms with Gasteiger partial charge in [-0.3, -0.25) is 9.69 Å². The van der Waals surface area contributed by atoms with E-state index in [1.807, 2.05) is 0 Å². The molecule has 210 valence electrons. The van der Waals surface area contributed by atoms with Crippen LogP contribution >= 0.6 is 11.6 Å². The maximum Gasteiger partial charge on any atom is 0.416 e. The Morgan fingerprint density at radius 1 is 1.10 bits per heavy atom. The molecule has 0 saturated heterocycles. The third kappa shape index (κ3) is 6.95. The van der Waals surface area contributed by atoms with Gasteiger partial charge < -0.3 is 9.64 Å². The Morgan fingerprint density at radius 3 is 2.18 bits per heavy atom. The maximum absolute atomic E-state index is 13.4. The molecule has 0 N–H and O–H groups in total. The molecule has 1 aliphatic rings. The Bertz CT molecular complexity index is 1270. The van der Waals surface area contributed by atoms with Crippen molar-refractivity contribution in [1.29, 1.82) is 0 Å². The smallest absolute Gasteiger partial charge is 0.416 e. The number of rotatable bonds is 4. The van der Waals surface area contributed by atoms with Crippen LogP contribution in [0.1, 0.15) is 61.9 Å². The molecular formula is C26H24ClF6N3O3. The summed E-state index contributed by atoms with van der Waals surface area (Å²) >= 11 is 6.24. The summed E-state index contributed by atoms with van der Waals surface area (Å²) in [6.45, 7) is 11.4. The Balaban J connectivity index is 2.15. The van der Waals surface area contributed by atoms with Gasteiger partial charge in [-0.25, -0.2) is 9.64 Å². The fourth-order valence-corrected chi connectivity index (χ4v) is 4.60. The number of benzene rings is 2. The summed E-state index contributed by atoms with van der Waals surface area (Å²) in [5, 5.41) is 0.0221. The van der Waals surface area contributed by atoms with E-state index in [0.29, 0.717) is 24.1 Å². The van der Waals surface area contributed by atoms with Gasteiger partial charge in [-0.1, -0.05) is 11.6 Å². The molecule has 0 spiro atoms. The molecule has 0 radical (unpaired) electrons. The van der Waals surface area contributed by atoms with Crippen molar-refractivity contribution in [1.82, 2.24) is 4.90 Å². The van der Waals surface area contributed by atoms with Crippen molar-refractivity contribution >= 4 is 35.0 Å². The lowest BCUT2D eigenvalue weighted by Gasteiger charge is -2.33. The first-order valence-electron chi connectivity index (χ1n) is 11.8. The Kier molecular flexibility index (Phi) is 8.75.